The molecule has 0 atom stereocenters. The molecule has 0 aliphatic heterocycles. The van der Waals surface area contributed by atoms with Crippen molar-refractivity contribution in [3.63, 3.8) is 0 Å². The first kappa shape index (κ1) is 13.5. The van der Waals surface area contributed by atoms with Crippen LogP contribution in [-0.2, 0) is 9.59 Å². The Labute approximate surface area is 73.2 Å². The molecule has 0 rings (SSSR count). The zero-order valence-electron chi connectivity index (χ0n) is 8.29. The van der Waals surface area contributed by atoms with Gasteiger partial charge in [-0.15, -0.1) is 0 Å². The molecule has 1 amide bonds. The fourth-order valence-electron chi connectivity index (χ4n) is 0.516. The molecule has 0 saturated carbocycles. The lowest BCUT2D eigenvalue weighted by atomic mass is 10.2. The van der Waals surface area contributed by atoms with E-state index in [1.807, 2.05) is 13.8 Å². The summed E-state index contributed by atoms with van der Waals surface area (Å²) in [4.78, 5) is 21.4. The summed E-state index contributed by atoms with van der Waals surface area (Å²) in [5.41, 5.74) is 0. The summed E-state index contributed by atoms with van der Waals surface area (Å²) in [7, 11) is 3.53. The summed E-state index contributed by atoms with van der Waals surface area (Å²) in [6, 6.07) is 0. The molecule has 0 unspecified atom stereocenters. The van der Waals surface area contributed by atoms with Crippen LogP contribution in [0.4, 0.5) is 0 Å². The molecule has 12 heavy (non-hydrogen) atoms. The Morgan fingerprint density at radius 2 is 1.50 bits per heavy atom. The fraction of sp³-hybridized carbons (Fsp3) is 0.750. The molecule has 0 aromatic heterocycles. The van der Waals surface area contributed by atoms with Crippen molar-refractivity contribution in [2.24, 2.45) is 5.92 Å². The molecule has 4 nitrogen and oxygen atoms in total. The van der Waals surface area contributed by atoms with Crippen molar-refractivity contribution in [3.8, 4) is 0 Å². The number of hydrogen-bond acceptors (Lipinski definition) is 2. The number of aliphatic carboxylic acids is 1. The van der Waals surface area contributed by atoms with Gasteiger partial charge in [0, 0.05) is 26.9 Å². The van der Waals surface area contributed by atoms with Crippen molar-refractivity contribution < 1.29 is 14.7 Å². The van der Waals surface area contributed by atoms with E-state index in [4.69, 9.17) is 9.90 Å². The van der Waals surface area contributed by atoms with Crippen molar-refractivity contribution in [1.29, 1.82) is 0 Å². The average molecular weight is 175 g/mol. The minimum atomic E-state index is -0.833. The topological polar surface area (TPSA) is 57.6 Å². The maximum Gasteiger partial charge on any atom is 0.300 e. The number of amides is 1. The van der Waals surface area contributed by atoms with Gasteiger partial charge in [0.2, 0.25) is 5.91 Å². The molecule has 0 bridgehead atoms. The first-order valence-electron chi connectivity index (χ1n) is 3.69. The van der Waals surface area contributed by atoms with E-state index >= 15 is 0 Å². The van der Waals surface area contributed by atoms with Crippen LogP contribution in [0.3, 0.4) is 0 Å². The van der Waals surface area contributed by atoms with Gasteiger partial charge in [-0.05, 0) is 0 Å². The predicted molar refractivity (Wildman–Crippen MR) is 46.8 cm³/mol. The van der Waals surface area contributed by atoms with Gasteiger partial charge >= 0.3 is 0 Å². The van der Waals surface area contributed by atoms with Gasteiger partial charge in [-0.25, -0.2) is 0 Å². The second-order valence-corrected chi connectivity index (χ2v) is 2.91. The Morgan fingerprint density at radius 3 is 1.50 bits per heavy atom. The number of nitrogens with zero attached hydrogens (tertiary/aromatic N) is 1. The molecule has 0 aromatic rings. The van der Waals surface area contributed by atoms with Crippen LogP contribution >= 0.6 is 0 Å². The number of hydrogen-bond donors (Lipinski definition) is 1. The summed E-state index contributed by atoms with van der Waals surface area (Å²) < 4.78 is 0. The Kier molecular flexibility index (Phi) is 7.48. The molecular weight excluding hydrogens is 158 g/mol. The predicted octanol–water partition coefficient (Wildman–Crippen LogP) is 0.821. The van der Waals surface area contributed by atoms with Crippen LogP contribution in [0.5, 0.6) is 0 Å². The smallest absolute Gasteiger partial charge is 0.300 e. The third-order valence-corrected chi connectivity index (χ3v) is 0.935. The SMILES string of the molecule is CC(=O)O.CC(C)C(=O)N(C)C. The Balaban J connectivity index is 0. The van der Waals surface area contributed by atoms with Crippen LogP contribution < -0.4 is 0 Å². The number of carbonyl (C=O) groups excluding carboxylic acids is 1. The van der Waals surface area contributed by atoms with Crippen LogP contribution in [0, 0.1) is 5.92 Å². The van der Waals surface area contributed by atoms with Gasteiger partial charge in [0.05, 0.1) is 0 Å². The van der Waals surface area contributed by atoms with Gasteiger partial charge in [-0.1, -0.05) is 13.8 Å². The van der Waals surface area contributed by atoms with Crippen molar-refractivity contribution in [2.75, 3.05) is 14.1 Å². The Morgan fingerprint density at radius 1 is 1.25 bits per heavy atom. The van der Waals surface area contributed by atoms with Gasteiger partial charge in [0.1, 0.15) is 0 Å². The number of carbonyl (C=O) groups is 2. The summed E-state index contributed by atoms with van der Waals surface area (Å²) in [6.45, 7) is 4.87. The minimum Gasteiger partial charge on any atom is -0.481 e. The van der Waals surface area contributed by atoms with E-state index in [0.717, 1.165) is 6.92 Å². The molecule has 0 saturated heterocycles. The lowest BCUT2D eigenvalue weighted by Crippen LogP contribution is -2.26. The maximum atomic E-state index is 10.8. The number of carboxylic acids is 1. The quantitative estimate of drug-likeness (QED) is 0.642. The number of rotatable bonds is 1. The fourth-order valence-corrected chi connectivity index (χ4v) is 0.516. The summed E-state index contributed by atoms with van der Waals surface area (Å²) in [6.07, 6.45) is 0. The highest BCUT2D eigenvalue weighted by molar-refractivity contribution is 5.77. The number of carboxylic acid groups (broad SMARTS) is 1. The van der Waals surface area contributed by atoms with E-state index in [0.29, 0.717) is 0 Å². The van der Waals surface area contributed by atoms with Crippen LogP contribution in [-0.4, -0.2) is 36.0 Å². The molecule has 0 aliphatic carbocycles. The second-order valence-electron chi connectivity index (χ2n) is 2.91. The van der Waals surface area contributed by atoms with E-state index in [-0.39, 0.29) is 11.8 Å². The molecule has 0 radical (unpaired) electrons. The summed E-state index contributed by atoms with van der Waals surface area (Å²) in [5.74, 6) is -0.519. The van der Waals surface area contributed by atoms with Gasteiger partial charge in [0.15, 0.2) is 0 Å². The van der Waals surface area contributed by atoms with Gasteiger partial charge < -0.3 is 10.0 Å². The molecule has 0 aromatic carbocycles. The van der Waals surface area contributed by atoms with Crippen molar-refractivity contribution in [2.45, 2.75) is 20.8 Å². The van der Waals surface area contributed by atoms with Gasteiger partial charge in [-0.2, -0.15) is 0 Å². The van der Waals surface area contributed by atoms with Crippen molar-refractivity contribution in [1.82, 2.24) is 4.90 Å². The maximum absolute atomic E-state index is 10.8. The molecule has 0 heterocycles. The van der Waals surface area contributed by atoms with E-state index in [1.54, 1.807) is 19.0 Å². The highest BCUT2D eigenvalue weighted by Gasteiger charge is 2.06. The molecule has 0 aliphatic rings. The first-order valence-corrected chi connectivity index (χ1v) is 3.69. The van der Waals surface area contributed by atoms with E-state index in [9.17, 15) is 4.79 Å². The monoisotopic (exact) mass is 175 g/mol. The Hall–Kier alpha value is -1.06. The zero-order valence-corrected chi connectivity index (χ0v) is 8.29. The molecule has 1 N–H and O–H groups in total. The van der Waals surface area contributed by atoms with E-state index in [1.165, 1.54) is 0 Å². The first-order chi connectivity index (χ1) is 5.29. The van der Waals surface area contributed by atoms with Crippen LogP contribution in [0.2, 0.25) is 0 Å². The standard InChI is InChI=1S/C6H13NO.C2H4O2/c1-5(2)6(8)7(3)4;1-2(3)4/h5H,1-4H3;1H3,(H,3,4). The largest absolute Gasteiger partial charge is 0.481 e. The zero-order chi connectivity index (χ0) is 10.3. The lowest BCUT2D eigenvalue weighted by molar-refractivity contribution is -0.134. The van der Waals surface area contributed by atoms with Gasteiger partial charge in [-0.3, -0.25) is 9.59 Å². The molecular formula is C8H17NO3. The highest BCUT2D eigenvalue weighted by atomic mass is 16.4. The second kappa shape index (κ2) is 6.64. The summed E-state index contributed by atoms with van der Waals surface area (Å²) >= 11 is 0. The van der Waals surface area contributed by atoms with Gasteiger partial charge in [0.25, 0.3) is 5.97 Å². The minimum absolute atomic E-state index is 0.130. The molecule has 4 heteroatoms. The van der Waals surface area contributed by atoms with E-state index < -0.39 is 5.97 Å². The van der Waals surface area contributed by atoms with Crippen LogP contribution in [0.25, 0.3) is 0 Å². The third-order valence-electron chi connectivity index (χ3n) is 0.935. The van der Waals surface area contributed by atoms with E-state index in [2.05, 4.69) is 0 Å². The summed E-state index contributed by atoms with van der Waals surface area (Å²) in [5, 5.41) is 7.42. The Bertz CT molecular complexity index is 138. The third kappa shape index (κ3) is 11.7. The molecule has 0 spiro atoms. The van der Waals surface area contributed by atoms with Crippen molar-refractivity contribution >= 4 is 11.9 Å². The van der Waals surface area contributed by atoms with Crippen LogP contribution in [0.15, 0.2) is 0 Å². The average Bonchev–Trinajstić information content (AvgIpc) is 1.84. The molecule has 0 fully saturated rings. The molecule has 72 valence electrons. The van der Waals surface area contributed by atoms with Crippen molar-refractivity contribution in [3.05, 3.63) is 0 Å². The normalized spacial score (nSPS) is 8.50. The highest BCUT2D eigenvalue weighted by Crippen LogP contribution is 1.94. The van der Waals surface area contributed by atoms with Crippen LogP contribution in [0.1, 0.15) is 20.8 Å². The lowest BCUT2D eigenvalue weighted by Gasteiger charge is -2.11.